The number of thiophene rings is 1. The monoisotopic (exact) mass is 370 g/mol. The van der Waals surface area contributed by atoms with Crippen LogP contribution >= 0.6 is 11.3 Å². The van der Waals surface area contributed by atoms with Crippen molar-refractivity contribution in [3.63, 3.8) is 0 Å². The standard InChI is InChI=1S/C19H19FN4OS/c1-22-17(18-3-2-12-26-18)13-16(21-22)19(25)24-10-8-23(9-11-24)15-6-4-14(20)5-7-15/h2-7,12-13H,8-11H2,1H3. The molecule has 134 valence electrons. The molecule has 0 unspecified atom stereocenters. The number of rotatable bonds is 3. The predicted molar refractivity (Wildman–Crippen MR) is 101 cm³/mol. The van der Waals surface area contributed by atoms with Crippen LogP contribution in [0.4, 0.5) is 10.1 Å². The summed E-state index contributed by atoms with van der Waals surface area (Å²) < 4.78 is 14.8. The number of anilines is 1. The summed E-state index contributed by atoms with van der Waals surface area (Å²) in [5.41, 5.74) is 2.41. The fraction of sp³-hybridized carbons (Fsp3) is 0.263. The molecule has 0 bridgehead atoms. The zero-order valence-corrected chi connectivity index (χ0v) is 15.2. The summed E-state index contributed by atoms with van der Waals surface area (Å²) >= 11 is 1.63. The molecule has 4 rings (SSSR count). The molecule has 1 fully saturated rings. The molecule has 2 aromatic heterocycles. The van der Waals surface area contributed by atoms with Crippen molar-refractivity contribution in [2.75, 3.05) is 31.1 Å². The Morgan fingerprint density at radius 1 is 1.12 bits per heavy atom. The average molecular weight is 370 g/mol. The molecule has 0 saturated carbocycles. The van der Waals surface area contributed by atoms with Gasteiger partial charge in [-0.3, -0.25) is 9.48 Å². The van der Waals surface area contributed by atoms with E-state index in [1.54, 1.807) is 28.2 Å². The highest BCUT2D eigenvalue weighted by atomic mass is 32.1. The van der Waals surface area contributed by atoms with Crippen LogP contribution in [0.5, 0.6) is 0 Å². The lowest BCUT2D eigenvalue weighted by Gasteiger charge is -2.35. The minimum absolute atomic E-state index is 0.0397. The molecule has 0 radical (unpaired) electrons. The van der Waals surface area contributed by atoms with Crippen LogP contribution in [0.25, 0.3) is 10.6 Å². The van der Waals surface area contributed by atoms with E-state index in [-0.39, 0.29) is 11.7 Å². The van der Waals surface area contributed by atoms with E-state index in [0.717, 1.165) is 29.3 Å². The summed E-state index contributed by atoms with van der Waals surface area (Å²) in [7, 11) is 1.86. The number of carbonyl (C=O) groups excluding carboxylic acids is 1. The van der Waals surface area contributed by atoms with E-state index in [2.05, 4.69) is 10.00 Å². The van der Waals surface area contributed by atoms with Gasteiger partial charge in [-0.1, -0.05) is 6.07 Å². The van der Waals surface area contributed by atoms with Gasteiger partial charge < -0.3 is 9.80 Å². The van der Waals surface area contributed by atoms with Crippen molar-refractivity contribution in [2.24, 2.45) is 7.05 Å². The Hall–Kier alpha value is -2.67. The first kappa shape index (κ1) is 16.8. The molecule has 0 N–H and O–H groups in total. The zero-order valence-electron chi connectivity index (χ0n) is 14.4. The Morgan fingerprint density at radius 3 is 2.50 bits per heavy atom. The van der Waals surface area contributed by atoms with Crippen LogP contribution in [0.15, 0.2) is 47.8 Å². The molecule has 3 aromatic rings. The number of halogens is 1. The van der Waals surface area contributed by atoms with Crippen molar-refractivity contribution in [1.29, 1.82) is 0 Å². The number of carbonyl (C=O) groups is 1. The summed E-state index contributed by atoms with van der Waals surface area (Å²) in [4.78, 5) is 17.9. The Morgan fingerprint density at radius 2 is 1.85 bits per heavy atom. The zero-order chi connectivity index (χ0) is 18.1. The van der Waals surface area contributed by atoms with Crippen LogP contribution < -0.4 is 4.90 Å². The summed E-state index contributed by atoms with van der Waals surface area (Å²) in [6.07, 6.45) is 0. The predicted octanol–water partition coefficient (Wildman–Crippen LogP) is 3.25. The Bertz CT molecular complexity index is 896. The van der Waals surface area contributed by atoms with Gasteiger partial charge >= 0.3 is 0 Å². The number of hydrogen-bond donors (Lipinski definition) is 0. The second-order valence-electron chi connectivity index (χ2n) is 6.27. The van der Waals surface area contributed by atoms with E-state index in [0.29, 0.717) is 18.8 Å². The highest BCUT2D eigenvalue weighted by Gasteiger charge is 2.25. The van der Waals surface area contributed by atoms with Gasteiger partial charge in [0, 0.05) is 38.9 Å². The number of aryl methyl sites for hydroxylation is 1. The summed E-state index contributed by atoms with van der Waals surface area (Å²) in [5, 5.41) is 6.42. The third-order valence-corrected chi connectivity index (χ3v) is 5.52. The van der Waals surface area contributed by atoms with Gasteiger partial charge in [0.2, 0.25) is 0 Å². The van der Waals surface area contributed by atoms with E-state index in [9.17, 15) is 9.18 Å². The SMILES string of the molecule is Cn1nc(C(=O)N2CCN(c3ccc(F)cc3)CC2)cc1-c1cccs1. The minimum atomic E-state index is -0.237. The summed E-state index contributed by atoms with van der Waals surface area (Å²) in [6.45, 7) is 2.70. The van der Waals surface area contributed by atoms with E-state index in [4.69, 9.17) is 0 Å². The van der Waals surface area contributed by atoms with Gasteiger partial charge in [0.25, 0.3) is 5.91 Å². The fourth-order valence-corrected chi connectivity index (χ4v) is 3.98. The van der Waals surface area contributed by atoms with Gasteiger partial charge in [0.15, 0.2) is 5.69 Å². The summed E-state index contributed by atoms with van der Waals surface area (Å²) in [5.74, 6) is -0.276. The van der Waals surface area contributed by atoms with Crippen LogP contribution in [-0.4, -0.2) is 46.8 Å². The topological polar surface area (TPSA) is 41.4 Å². The first-order valence-corrected chi connectivity index (χ1v) is 9.37. The van der Waals surface area contributed by atoms with Crippen molar-refractivity contribution < 1.29 is 9.18 Å². The van der Waals surface area contributed by atoms with E-state index in [1.807, 2.05) is 35.5 Å². The lowest BCUT2D eigenvalue weighted by Crippen LogP contribution is -2.48. The summed E-state index contributed by atoms with van der Waals surface area (Å²) in [6, 6.07) is 12.4. The van der Waals surface area contributed by atoms with Gasteiger partial charge in [-0.25, -0.2) is 4.39 Å². The second kappa shape index (κ2) is 6.92. The molecule has 0 spiro atoms. The van der Waals surface area contributed by atoms with E-state index < -0.39 is 0 Å². The molecule has 5 nitrogen and oxygen atoms in total. The number of piperazine rings is 1. The Kier molecular flexibility index (Phi) is 4.46. The number of aromatic nitrogens is 2. The lowest BCUT2D eigenvalue weighted by molar-refractivity contribution is 0.0740. The lowest BCUT2D eigenvalue weighted by atomic mass is 10.2. The maximum absolute atomic E-state index is 13.1. The smallest absolute Gasteiger partial charge is 0.274 e. The maximum atomic E-state index is 13.1. The van der Waals surface area contributed by atoms with Crippen LogP contribution in [0.2, 0.25) is 0 Å². The second-order valence-corrected chi connectivity index (χ2v) is 7.22. The van der Waals surface area contributed by atoms with Crippen molar-refractivity contribution in [2.45, 2.75) is 0 Å². The molecule has 7 heteroatoms. The minimum Gasteiger partial charge on any atom is -0.368 e. The highest BCUT2D eigenvalue weighted by Crippen LogP contribution is 2.25. The third-order valence-electron chi connectivity index (χ3n) is 4.63. The van der Waals surface area contributed by atoms with Crippen LogP contribution in [0.1, 0.15) is 10.5 Å². The van der Waals surface area contributed by atoms with Gasteiger partial charge in [0.05, 0.1) is 10.6 Å². The molecule has 26 heavy (non-hydrogen) atoms. The quantitative estimate of drug-likeness (QED) is 0.711. The molecule has 1 aliphatic heterocycles. The molecule has 1 aliphatic rings. The normalized spacial score (nSPS) is 14.7. The molecule has 1 saturated heterocycles. The molecular formula is C19H19FN4OS. The van der Waals surface area contributed by atoms with Gasteiger partial charge in [-0.15, -0.1) is 11.3 Å². The first-order chi connectivity index (χ1) is 12.6. The number of benzene rings is 1. The average Bonchev–Trinajstić information content (AvgIpc) is 3.31. The highest BCUT2D eigenvalue weighted by molar-refractivity contribution is 7.13. The largest absolute Gasteiger partial charge is 0.368 e. The number of nitrogens with zero attached hydrogens (tertiary/aromatic N) is 4. The molecule has 3 heterocycles. The number of amides is 1. The van der Waals surface area contributed by atoms with Gasteiger partial charge in [0.1, 0.15) is 5.82 Å². The van der Waals surface area contributed by atoms with Gasteiger partial charge in [-0.2, -0.15) is 5.10 Å². The van der Waals surface area contributed by atoms with Crippen molar-refractivity contribution in [1.82, 2.24) is 14.7 Å². The first-order valence-electron chi connectivity index (χ1n) is 8.49. The maximum Gasteiger partial charge on any atom is 0.274 e. The Labute approximate surface area is 155 Å². The van der Waals surface area contributed by atoms with Gasteiger partial charge in [-0.05, 0) is 41.8 Å². The van der Waals surface area contributed by atoms with Crippen LogP contribution in [-0.2, 0) is 7.05 Å². The van der Waals surface area contributed by atoms with Crippen molar-refractivity contribution in [3.8, 4) is 10.6 Å². The Balaban J connectivity index is 1.44. The molecular weight excluding hydrogens is 351 g/mol. The van der Waals surface area contributed by atoms with Crippen LogP contribution in [0.3, 0.4) is 0 Å². The van der Waals surface area contributed by atoms with Crippen LogP contribution in [0, 0.1) is 5.82 Å². The van der Waals surface area contributed by atoms with Crippen molar-refractivity contribution in [3.05, 3.63) is 59.4 Å². The van der Waals surface area contributed by atoms with Crippen molar-refractivity contribution >= 4 is 22.9 Å². The van der Waals surface area contributed by atoms with E-state index >= 15 is 0 Å². The molecule has 1 aromatic carbocycles. The number of hydrogen-bond acceptors (Lipinski definition) is 4. The van der Waals surface area contributed by atoms with E-state index in [1.165, 1.54) is 12.1 Å². The third kappa shape index (κ3) is 3.22. The molecule has 0 aliphatic carbocycles. The fourth-order valence-electron chi connectivity index (χ4n) is 3.21. The molecule has 0 atom stereocenters. The molecule has 1 amide bonds.